The molecule has 0 aromatic carbocycles. The van der Waals surface area contributed by atoms with Crippen LogP contribution in [0.1, 0.15) is 33.6 Å². The Kier molecular flexibility index (Phi) is 4.19. The van der Waals surface area contributed by atoms with Gasteiger partial charge in [0.05, 0.1) is 6.10 Å². The molecule has 0 amide bonds. The molecule has 4 heteroatoms. The maximum absolute atomic E-state index is 13.7. The second-order valence-electron chi connectivity index (χ2n) is 6.45. The summed E-state index contributed by atoms with van der Waals surface area (Å²) >= 11 is 0. The van der Waals surface area contributed by atoms with Gasteiger partial charge in [0, 0.05) is 6.61 Å². The third-order valence-electron chi connectivity index (χ3n) is 4.04. The highest BCUT2D eigenvalue weighted by Gasteiger charge is 2.43. The Morgan fingerprint density at radius 3 is 2.25 bits per heavy atom. The molecule has 0 radical (unpaired) electrons. The van der Waals surface area contributed by atoms with E-state index in [0.29, 0.717) is 12.8 Å². The first-order valence-corrected chi connectivity index (χ1v) is 9.01. The molecule has 1 aliphatic rings. The number of hydrogen-bond donors (Lipinski definition) is 1. The number of aliphatic hydroxyl groups excluding tert-OH is 1. The van der Waals surface area contributed by atoms with Gasteiger partial charge in [-0.05, 0) is 36.9 Å². The quantitative estimate of drug-likeness (QED) is 0.778. The maximum atomic E-state index is 13.7. The molecular formula is C12H25FO2Si. The molecule has 0 bridgehead atoms. The van der Waals surface area contributed by atoms with Gasteiger partial charge in [-0.25, -0.2) is 4.39 Å². The zero-order valence-corrected chi connectivity index (χ0v) is 12.1. The third-order valence-corrected chi connectivity index (χ3v) is 8.54. The molecular weight excluding hydrogens is 223 g/mol. The average molecular weight is 248 g/mol. The van der Waals surface area contributed by atoms with Crippen LogP contribution in [0, 0.1) is 5.92 Å². The molecule has 0 saturated heterocycles. The van der Waals surface area contributed by atoms with Crippen LogP contribution in [-0.4, -0.2) is 32.3 Å². The van der Waals surface area contributed by atoms with Crippen molar-refractivity contribution < 1.29 is 13.9 Å². The fourth-order valence-corrected chi connectivity index (χ4v) is 3.22. The second kappa shape index (κ2) is 4.74. The van der Waals surface area contributed by atoms with Gasteiger partial charge in [-0.15, -0.1) is 0 Å². The zero-order chi connectivity index (χ0) is 12.6. The Morgan fingerprint density at radius 1 is 1.31 bits per heavy atom. The smallest absolute Gasteiger partial charge is 0.192 e. The summed E-state index contributed by atoms with van der Waals surface area (Å²) in [5, 5.41) is 9.16. The Balaban J connectivity index is 2.61. The van der Waals surface area contributed by atoms with E-state index >= 15 is 0 Å². The molecule has 1 aliphatic carbocycles. The summed E-state index contributed by atoms with van der Waals surface area (Å²) in [5.74, 6) is 0.0877. The van der Waals surface area contributed by atoms with E-state index in [1.165, 1.54) is 0 Å². The number of hydrogen-bond acceptors (Lipinski definition) is 2. The van der Waals surface area contributed by atoms with Crippen molar-refractivity contribution in [2.24, 2.45) is 5.92 Å². The van der Waals surface area contributed by atoms with Crippen molar-refractivity contribution in [2.75, 3.05) is 6.61 Å². The summed E-state index contributed by atoms with van der Waals surface area (Å²) in [5.41, 5.74) is 0. The van der Waals surface area contributed by atoms with Crippen molar-refractivity contribution >= 4 is 8.32 Å². The van der Waals surface area contributed by atoms with Gasteiger partial charge in [0.1, 0.15) is 6.17 Å². The fourth-order valence-electron chi connectivity index (χ4n) is 1.87. The zero-order valence-electron chi connectivity index (χ0n) is 11.1. The molecule has 96 valence electrons. The van der Waals surface area contributed by atoms with Crippen molar-refractivity contribution in [3.63, 3.8) is 0 Å². The lowest BCUT2D eigenvalue weighted by Gasteiger charge is -2.38. The predicted octanol–water partition coefficient (Wildman–Crippen LogP) is 3.12. The highest BCUT2D eigenvalue weighted by atomic mass is 28.4. The number of rotatable bonds is 3. The third kappa shape index (κ3) is 3.05. The topological polar surface area (TPSA) is 29.5 Å². The largest absolute Gasteiger partial charge is 0.411 e. The van der Waals surface area contributed by atoms with Crippen LogP contribution in [0.3, 0.4) is 0 Å². The van der Waals surface area contributed by atoms with Gasteiger partial charge in [-0.3, -0.25) is 0 Å². The molecule has 0 aromatic heterocycles. The van der Waals surface area contributed by atoms with E-state index in [4.69, 9.17) is 9.53 Å². The van der Waals surface area contributed by atoms with Gasteiger partial charge < -0.3 is 9.53 Å². The molecule has 0 spiro atoms. The standard InChI is InChI=1S/C12H25FO2Si/c1-12(2,3)16(4,5)15-11-7-9(8-14)6-10(11)13/h9-11,14H,6-8H2,1-5H3. The van der Waals surface area contributed by atoms with Gasteiger partial charge in [0.25, 0.3) is 0 Å². The summed E-state index contributed by atoms with van der Waals surface area (Å²) in [6, 6.07) is 0. The van der Waals surface area contributed by atoms with Crippen LogP contribution in [0.4, 0.5) is 4.39 Å². The molecule has 1 N–H and O–H groups in total. The lowest BCUT2D eigenvalue weighted by Crippen LogP contribution is -2.45. The van der Waals surface area contributed by atoms with Crippen LogP contribution < -0.4 is 0 Å². The van der Waals surface area contributed by atoms with Crippen LogP contribution in [0.5, 0.6) is 0 Å². The molecule has 0 aromatic rings. The van der Waals surface area contributed by atoms with Crippen LogP contribution in [0.2, 0.25) is 18.1 Å². The monoisotopic (exact) mass is 248 g/mol. The Hall–Kier alpha value is 0.0669. The Morgan fingerprint density at radius 2 is 1.88 bits per heavy atom. The normalized spacial score (nSPS) is 32.1. The highest BCUT2D eigenvalue weighted by molar-refractivity contribution is 6.74. The van der Waals surface area contributed by atoms with E-state index in [1.54, 1.807) is 0 Å². The van der Waals surface area contributed by atoms with E-state index in [0.717, 1.165) is 0 Å². The molecule has 1 saturated carbocycles. The minimum Gasteiger partial charge on any atom is -0.411 e. The summed E-state index contributed by atoms with van der Waals surface area (Å²) < 4.78 is 19.8. The molecule has 2 nitrogen and oxygen atoms in total. The number of aliphatic hydroxyl groups is 1. The summed E-state index contributed by atoms with van der Waals surface area (Å²) in [4.78, 5) is 0. The molecule has 3 unspecified atom stereocenters. The highest BCUT2D eigenvalue weighted by Crippen LogP contribution is 2.41. The van der Waals surface area contributed by atoms with Crippen LogP contribution in [0.25, 0.3) is 0 Å². The van der Waals surface area contributed by atoms with Crippen molar-refractivity contribution in [3.8, 4) is 0 Å². The lowest BCUT2D eigenvalue weighted by molar-refractivity contribution is 0.110. The molecule has 3 atom stereocenters. The van der Waals surface area contributed by atoms with Gasteiger partial charge >= 0.3 is 0 Å². The van der Waals surface area contributed by atoms with Gasteiger partial charge in [-0.1, -0.05) is 20.8 Å². The molecule has 1 rings (SSSR count). The van der Waals surface area contributed by atoms with Crippen molar-refractivity contribution in [2.45, 2.75) is 64.0 Å². The molecule has 16 heavy (non-hydrogen) atoms. The van der Waals surface area contributed by atoms with Gasteiger partial charge in [0.15, 0.2) is 8.32 Å². The van der Waals surface area contributed by atoms with Crippen molar-refractivity contribution in [1.29, 1.82) is 0 Å². The van der Waals surface area contributed by atoms with Crippen LogP contribution in [-0.2, 0) is 4.43 Å². The molecule has 1 fully saturated rings. The summed E-state index contributed by atoms with van der Waals surface area (Å²) in [7, 11) is -1.88. The van der Waals surface area contributed by atoms with Crippen molar-refractivity contribution in [3.05, 3.63) is 0 Å². The Bertz CT molecular complexity index is 238. The van der Waals surface area contributed by atoms with E-state index < -0.39 is 14.5 Å². The Labute approximate surface area is 99.3 Å². The molecule has 0 aliphatic heterocycles. The first kappa shape index (κ1) is 14.1. The average Bonchev–Trinajstić information content (AvgIpc) is 2.44. The van der Waals surface area contributed by atoms with E-state index in [2.05, 4.69) is 33.9 Å². The lowest BCUT2D eigenvalue weighted by atomic mass is 10.1. The van der Waals surface area contributed by atoms with Crippen LogP contribution >= 0.6 is 0 Å². The number of alkyl halides is 1. The number of halogens is 1. The minimum absolute atomic E-state index is 0.0811. The predicted molar refractivity (Wildman–Crippen MR) is 66.8 cm³/mol. The summed E-state index contributed by atoms with van der Waals surface area (Å²) in [6.45, 7) is 10.8. The van der Waals surface area contributed by atoms with Gasteiger partial charge in [0.2, 0.25) is 0 Å². The van der Waals surface area contributed by atoms with Gasteiger partial charge in [-0.2, -0.15) is 0 Å². The van der Waals surface area contributed by atoms with E-state index in [-0.39, 0.29) is 23.7 Å². The second-order valence-corrected chi connectivity index (χ2v) is 11.2. The first-order chi connectivity index (χ1) is 7.17. The maximum Gasteiger partial charge on any atom is 0.192 e. The van der Waals surface area contributed by atoms with E-state index in [1.807, 2.05) is 0 Å². The molecule has 0 heterocycles. The first-order valence-electron chi connectivity index (χ1n) is 6.10. The fraction of sp³-hybridized carbons (Fsp3) is 1.00. The van der Waals surface area contributed by atoms with Crippen molar-refractivity contribution in [1.82, 2.24) is 0 Å². The summed E-state index contributed by atoms with van der Waals surface area (Å²) in [6.07, 6.45) is -0.0655. The van der Waals surface area contributed by atoms with Crippen LogP contribution in [0.15, 0.2) is 0 Å². The minimum atomic E-state index is -1.88. The SMILES string of the molecule is CC(C)(C)[Si](C)(C)OC1CC(CO)CC1F. The van der Waals surface area contributed by atoms with E-state index in [9.17, 15) is 4.39 Å².